The summed E-state index contributed by atoms with van der Waals surface area (Å²) in [4.78, 5) is 12.9. The SMILES string of the molecule is COc1ccc([C@H](C)NC(=O)CN(c2cc(C)ccc2C)S(=O)(=O)N(C)C)cc1OC. The molecular weight excluding hydrogens is 418 g/mol. The molecule has 0 aliphatic carbocycles. The van der Waals surface area contributed by atoms with Crippen molar-refractivity contribution in [3.05, 3.63) is 53.1 Å². The number of carbonyl (C=O) groups excluding carboxylic acids is 1. The van der Waals surface area contributed by atoms with Crippen molar-refractivity contribution in [2.24, 2.45) is 0 Å². The lowest BCUT2D eigenvalue weighted by Crippen LogP contribution is -2.46. The zero-order valence-corrected chi connectivity index (χ0v) is 19.9. The Morgan fingerprint density at radius 1 is 1.03 bits per heavy atom. The van der Waals surface area contributed by atoms with E-state index >= 15 is 0 Å². The predicted octanol–water partition coefficient (Wildman–Crippen LogP) is 2.81. The molecule has 0 saturated heterocycles. The number of nitrogens with one attached hydrogen (secondary N) is 1. The number of carbonyl (C=O) groups is 1. The van der Waals surface area contributed by atoms with Crippen molar-refractivity contribution in [3.63, 3.8) is 0 Å². The molecule has 1 N–H and O–H groups in total. The van der Waals surface area contributed by atoms with Crippen molar-refractivity contribution in [2.75, 3.05) is 39.2 Å². The lowest BCUT2D eigenvalue weighted by Gasteiger charge is -2.29. The third-order valence-electron chi connectivity index (χ3n) is 4.95. The molecule has 0 aliphatic rings. The Morgan fingerprint density at radius 2 is 1.68 bits per heavy atom. The second-order valence-corrected chi connectivity index (χ2v) is 9.56. The van der Waals surface area contributed by atoms with Crippen LogP contribution in [0.1, 0.15) is 29.7 Å². The minimum absolute atomic E-state index is 0.345. The Kier molecular flexibility index (Phi) is 7.91. The van der Waals surface area contributed by atoms with Crippen LogP contribution in [0.2, 0.25) is 0 Å². The number of benzene rings is 2. The number of hydrogen-bond acceptors (Lipinski definition) is 5. The van der Waals surface area contributed by atoms with E-state index in [1.54, 1.807) is 32.4 Å². The summed E-state index contributed by atoms with van der Waals surface area (Å²) in [5.74, 6) is 0.713. The molecule has 1 amide bonds. The molecule has 31 heavy (non-hydrogen) atoms. The van der Waals surface area contributed by atoms with Crippen LogP contribution >= 0.6 is 0 Å². The maximum Gasteiger partial charge on any atom is 0.304 e. The third kappa shape index (κ3) is 5.68. The molecule has 0 spiro atoms. The Balaban J connectivity index is 2.29. The van der Waals surface area contributed by atoms with Gasteiger partial charge in [-0.05, 0) is 55.7 Å². The molecule has 1 atom stereocenters. The van der Waals surface area contributed by atoms with E-state index in [2.05, 4.69) is 5.32 Å². The molecule has 9 heteroatoms. The Morgan fingerprint density at radius 3 is 2.26 bits per heavy atom. The number of ether oxygens (including phenoxy) is 2. The summed E-state index contributed by atoms with van der Waals surface area (Å²) in [6, 6.07) is 10.5. The summed E-state index contributed by atoms with van der Waals surface area (Å²) in [6.45, 7) is 5.17. The number of methoxy groups -OCH3 is 2. The van der Waals surface area contributed by atoms with Crippen LogP contribution in [0.25, 0.3) is 0 Å². The van der Waals surface area contributed by atoms with Gasteiger partial charge in [0.15, 0.2) is 11.5 Å². The van der Waals surface area contributed by atoms with Crippen LogP contribution in [0.3, 0.4) is 0 Å². The summed E-state index contributed by atoms with van der Waals surface area (Å²) in [5.41, 5.74) is 2.94. The summed E-state index contributed by atoms with van der Waals surface area (Å²) in [7, 11) is 2.10. The van der Waals surface area contributed by atoms with Gasteiger partial charge >= 0.3 is 10.2 Å². The first-order valence-electron chi connectivity index (χ1n) is 9.80. The molecule has 2 rings (SSSR count). The molecule has 0 saturated carbocycles. The van der Waals surface area contributed by atoms with E-state index in [4.69, 9.17) is 9.47 Å². The molecule has 0 fully saturated rings. The highest BCUT2D eigenvalue weighted by molar-refractivity contribution is 7.90. The van der Waals surface area contributed by atoms with E-state index in [-0.39, 0.29) is 12.6 Å². The number of amides is 1. The van der Waals surface area contributed by atoms with Crippen molar-refractivity contribution >= 4 is 21.8 Å². The minimum atomic E-state index is -3.88. The van der Waals surface area contributed by atoms with Gasteiger partial charge in [-0.25, -0.2) is 4.31 Å². The number of rotatable bonds is 9. The first-order chi connectivity index (χ1) is 14.5. The van der Waals surface area contributed by atoms with Crippen molar-refractivity contribution in [2.45, 2.75) is 26.8 Å². The highest BCUT2D eigenvalue weighted by Gasteiger charge is 2.29. The molecule has 0 radical (unpaired) electrons. The number of hydrogen-bond donors (Lipinski definition) is 1. The van der Waals surface area contributed by atoms with Gasteiger partial charge in [0.2, 0.25) is 5.91 Å². The molecule has 0 heterocycles. The molecule has 170 valence electrons. The number of nitrogens with zero attached hydrogens (tertiary/aromatic N) is 2. The van der Waals surface area contributed by atoms with E-state index in [9.17, 15) is 13.2 Å². The fourth-order valence-electron chi connectivity index (χ4n) is 3.10. The lowest BCUT2D eigenvalue weighted by atomic mass is 10.1. The quantitative estimate of drug-likeness (QED) is 0.636. The highest BCUT2D eigenvalue weighted by atomic mass is 32.2. The molecule has 2 aromatic rings. The lowest BCUT2D eigenvalue weighted by molar-refractivity contribution is -0.120. The highest BCUT2D eigenvalue weighted by Crippen LogP contribution is 2.30. The van der Waals surface area contributed by atoms with Gasteiger partial charge in [0.05, 0.1) is 25.9 Å². The van der Waals surface area contributed by atoms with Crippen LogP contribution in [0.4, 0.5) is 5.69 Å². The first-order valence-corrected chi connectivity index (χ1v) is 11.2. The summed E-state index contributed by atoms with van der Waals surface area (Å²) in [6.07, 6.45) is 0. The summed E-state index contributed by atoms with van der Waals surface area (Å²) >= 11 is 0. The third-order valence-corrected chi connectivity index (χ3v) is 6.75. The Labute approximate surface area is 184 Å². The van der Waals surface area contributed by atoms with E-state index in [1.807, 2.05) is 39.0 Å². The predicted molar refractivity (Wildman–Crippen MR) is 122 cm³/mol. The van der Waals surface area contributed by atoms with Crippen LogP contribution in [0.15, 0.2) is 36.4 Å². The van der Waals surface area contributed by atoms with E-state index in [1.165, 1.54) is 14.1 Å². The van der Waals surface area contributed by atoms with Crippen LogP contribution in [-0.2, 0) is 15.0 Å². The average Bonchev–Trinajstić information content (AvgIpc) is 2.72. The van der Waals surface area contributed by atoms with Gasteiger partial charge in [-0.1, -0.05) is 18.2 Å². The van der Waals surface area contributed by atoms with Gasteiger partial charge in [-0.2, -0.15) is 12.7 Å². The van der Waals surface area contributed by atoms with E-state index in [0.717, 1.165) is 25.3 Å². The van der Waals surface area contributed by atoms with Crippen LogP contribution in [0.5, 0.6) is 11.5 Å². The van der Waals surface area contributed by atoms with Gasteiger partial charge in [0.1, 0.15) is 6.54 Å². The largest absolute Gasteiger partial charge is 0.493 e. The molecule has 0 bridgehead atoms. The smallest absolute Gasteiger partial charge is 0.304 e. The van der Waals surface area contributed by atoms with E-state index < -0.39 is 16.1 Å². The molecule has 8 nitrogen and oxygen atoms in total. The second kappa shape index (κ2) is 10.0. The molecule has 0 aliphatic heterocycles. The zero-order chi connectivity index (χ0) is 23.3. The van der Waals surface area contributed by atoms with Crippen molar-refractivity contribution < 1.29 is 22.7 Å². The van der Waals surface area contributed by atoms with Gasteiger partial charge in [0.25, 0.3) is 0 Å². The molecule has 2 aromatic carbocycles. The summed E-state index contributed by atoms with van der Waals surface area (Å²) < 4.78 is 38.8. The van der Waals surface area contributed by atoms with Crippen LogP contribution in [-0.4, -0.2) is 53.5 Å². The monoisotopic (exact) mass is 449 g/mol. The van der Waals surface area contributed by atoms with Gasteiger partial charge < -0.3 is 14.8 Å². The van der Waals surface area contributed by atoms with Crippen molar-refractivity contribution in [1.82, 2.24) is 9.62 Å². The molecule has 0 aromatic heterocycles. The minimum Gasteiger partial charge on any atom is -0.493 e. The number of anilines is 1. The van der Waals surface area contributed by atoms with Crippen LogP contribution in [0, 0.1) is 13.8 Å². The zero-order valence-electron chi connectivity index (χ0n) is 19.1. The fraction of sp³-hybridized carbons (Fsp3) is 0.409. The van der Waals surface area contributed by atoms with E-state index in [0.29, 0.717) is 17.2 Å². The fourth-order valence-corrected chi connectivity index (χ4v) is 4.22. The van der Waals surface area contributed by atoms with Gasteiger partial charge in [-0.3, -0.25) is 4.79 Å². The standard InChI is InChI=1S/C22H31N3O5S/c1-15-8-9-16(2)19(12-15)25(31(27,28)24(4)5)14-22(26)23-17(3)18-10-11-20(29-6)21(13-18)30-7/h8-13,17H,14H2,1-7H3,(H,23,26)/t17-/m0/s1. The normalized spacial score (nSPS) is 12.4. The topological polar surface area (TPSA) is 88.2 Å². The van der Waals surface area contributed by atoms with Gasteiger partial charge in [0, 0.05) is 14.1 Å². The van der Waals surface area contributed by atoms with Crippen LogP contribution < -0.4 is 19.1 Å². The van der Waals surface area contributed by atoms with Gasteiger partial charge in [-0.15, -0.1) is 0 Å². The maximum absolute atomic E-state index is 13.0. The van der Waals surface area contributed by atoms with Crippen molar-refractivity contribution in [1.29, 1.82) is 0 Å². The Hall–Kier alpha value is -2.78. The number of aryl methyl sites for hydroxylation is 2. The average molecular weight is 450 g/mol. The molecular formula is C22H31N3O5S. The first kappa shape index (κ1) is 24.5. The second-order valence-electron chi connectivity index (χ2n) is 7.49. The molecule has 0 unspecified atom stereocenters. The Bertz CT molecular complexity index is 1040. The maximum atomic E-state index is 13.0. The van der Waals surface area contributed by atoms with Crippen molar-refractivity contribution in [3.8, 4) is 11.5 Å². The summed E-state index contributed by atoms with van der Waals surface area (Å²) in [5, 5.41) is 2.87.